The van der Waals surface area contributed by atoms with Crippen LogP contribution in [0.1, 0.15) is 31.4 Å². The maximum atomic E-state index is 5.32. The van der Waals surface area contributed by atoms with E-state index in [1.807, 2.05) is 24.6 Å². The molecule has 3 rings (SSSR count). The normalized spacial score (nSPS) is 11.5. The predicted octanol–water partition coefficient (Wildman–Crippen LogP) is 3.51. The van der Waals surface area contributed by atoms with Crippen LogP contribution in [0.15, 0.2) is 26.2 Å². The third kappa shape index (κ3) is 2.73. The molecule has 0 saturated heterocycles. The molecule has 110 valence electrons. The Labute approximate surface area is 130 Å². The summed E-state index contributed by atoms with van der Waals surface area (Å²) in [6, 6.07) is 1.90. The lowest BCUT2D eigenvalue weighted by atomic mass is 10.2. The molecule has 0 fully saturated rings. The Morgan fingerprint density at radius 3 is 2.76 bits per heavy atom. The van der Waals surface area contributed by atoms with Gasteiger partial charge < -0.3 is 8.98 Å². The minimum atomic E-state index is 0.333. The van der Waals surface area contributed by atoms with Gasteiger partial charge in [0.25, 0.3) is 0 Å². The molecule has 3 aromatic rings. The summed E-state index contributed by atoms with van der Waals surface area (Å²) in [6.45, 7) is 6.08. The van der Waals surface area contributed by atoms with Crippen LogP contribution in [-0.2, 0) is 7.05 Å². The first-order valence-electron chi connectivity index (χ1n) is 6.51. The van der Waals surface area contributed by atoms with Gasteiger partial charge in [0.15, 0.2) is 15.3 Å². The van der Waals surface area contributed by atoms with Crippen molar-refractivity contribution in [2.24, 2.45) is 7.05 Å². The Morgan fingerprint density at radius 1 is 1.33 bits per heavy atom. The monoisotopic (exact) mass is 321 g/mol. The number of aromatic nitrogens is 5. The largest absolute Gasteiger partial charge is 0.469 e. The van der Waals surface area contributed by atoms with E-state index in [-0.39, 0.29) is 0 Å². The summed E-state index contributed by atoms with van der Waals surface area (Å²) in [6.07, 6.45) is 1.66. The average molecular weight is 321 g/mol. The molecule has 0 saturated carbocycles. The van der Waals surface area contributed by atoms with Crippen LogP contribution in [0.3, 0.4) is 0 Å². The van der Waals surface area contributed by atoms with Crippen molar-refractivity contribution in [3.05, 3.63) is 23.9 Å². The van der Waals surface area contributed by atoms with E-state index in [0.717, 1.165) is 32.5 Å². The summed E-state index contributed by atoms with van der Waals surface area (Å²) >= 11 is 2.87. The molecule has 6 nitrogen and oxygen atoms in total. The Hall–Kier alpha value is -1.67. The molecule has 0 aliphatic rings. The fraction of sp³-hybridized carbons (Fsp3) is 0.385. The number of aryl methyl sites for hydroxylation is 1. The third-order valence-corrected chi connectivity index (χ3v) is 4.86. The third-order valence-electron chi connectivity index (χ3n) is 3.05. The van der Waals surface area contributed by atoms with Crippen LogP contribution in [0, 0.1) is 6.92 Å². The van der Waals surface area contributed by atoms with Gasteiger partial charge in [0.2, 0.25) is 0 Å². The maximum Gasteiger partial charge on any atom is 0.198 e. The van der Waals surface area contributed by atoms with Gasteiger partial charge >= 0.3 is 0 Å². The van der Waals surface area contributed by atoms with Crippen LogP contribution >= 0.6 is 23.3 Å². The Morgan fingerprint density at radius 2 is 2.14 bits per heavy atom. The molecule has 0 bridgehead atoms. The van der Waals surface area contributed by atoms with Crippen molar-refractivity contribution >= 4 is 23.3 Å². The van der Waals surface area contributed by atoms with Crippen LogP contribution < -0.4 is 0 Å². The van der Waals surface area contributed by atoms with Crippen molar-refractivity contribution < 1.29 is 4.42 Å². The summed E-state index contributed by atoms with van der Waals surface area (Å²) < 4.78 is 12.5. The Kier molecular flexibility index (Phi) is 3.81. The highest BCUT2D eigenvalue weighted by Crippen LogP contribution is 2.31. The first-order chi connectivity index (χ1) is 10.1. The average Bonchev–Trinajstić information content (AvgIpc) is 3.13. The summed E-state index contributed by atoms with van der Waals surface area (Å²) in [5.74, 6) is 2.83. The number of rotatable bonds is 4. The van der Waals surface area contributed by atoms with Crippen molar-refractivity contribution in [3.8, 4) is 11.4 Å². The smallest absolute Gasteiger partial charge is 0.198 e. The van der Waals surface area contributed by atoms with E-state index in [1.165, 1.54) is 23.3 Å². The lowest BCUT2D eigenvalue weighted by Gasteiger charge is -2.01. The van der Waals surface area contributed by atoms with Gasteiger partial charge in [-0.3, -0.25) is 0 Å². The SMILES string of the molecule is Cc1occc1-c1nnc(Sc2nc(C(C)C)ns2)n1C. The Bertz CT molecular complexity index is 758. The van der Waals surface area contributed by atoms with E-state index in [2.05, 4.69) is 33.4 Å². The van der Waals surface area contributed by atoms with E-state index < -0.39 is 0 Å². The molecule has 3 heterocycles. The second kappa shape index (κ2) is 5.61. The van der Waals surface area contributed by atoms with Crippen LogP contribution in [0.2, 0.25) is 0 Å². The quantitative estimate of drug-likeness (QED) is 0.732. The molecular weight excluding hydrogens is 306 g/mol. The lowest BCUT2D eigenvalue weighted by molar-refractivity contribution is 0.534. The maximum absolute atomic E-state index is 5.32. The summed E-state index contributed by atoms with van der Waals surface area (Å²) in [7, 11) is 1.94. The van der Waals surface area contributed by atoms with Gasteiger partial charge in [0, 0.05) is 13.0 Å². The molecule has 0 aromatic carbocycles. The molecule has 0 unspecified atom stereocenters. The zero-order chi connectivity index (χ0) is 15.0. The first-order valence-corrected chi connectivity index (χ1v) is 8.10. The highest BCUT2D eigenvalue weighted by Gasteiger charge is 2.17. The van der Waals surface area contributed by atoms with Crippen LogP contribution in [0.5, 0.6) is 0 Å². The van der Waals surface area contributed by atoms with Gasteiger partial charge in [-0.05, 0) is 36.3 Å². The van der Waals surface area contributed by atoms with Crippen molar-refractivity contribution in [1.82, 2.24) is 24.1 Å². The minimum Gasteiger partial charge on any atom is -0.469 e. The topological polar surface area (TPSA) is 69.6 Å². The van der Waals surface area contributed by atoms with Crippen molar-refractivity contribution in [1.29, 1.82) is 0 Å². The minimum absolute atomic E-state index is 0.333. The predicted molar refractivity (Wildman–Crippen MR) is 81.6 cm³/mol. The van der Waals surface area contributed by atoms with Crippen LogP contribution in [-0.4, -0.2) is 24.1 Å². The van der Waals surface area contributed by atoms with E-state index >= 15 is 0 Å². The molecule has 8 heteroatoms. The molecule has 3 aromatic heterocycles. The molecule has 0 N–H and O–H groups in total. The van der Waals surface area contributed by atoms with E-state index in [1.54, 1.807) is 6.26 Å². The number of nitrogens with zero attached hydrogens (tertiary/aromatic N) is 5. The highest BCUT2D eigenvalue weighted by atomic mass is 32.2. The molecule has 0 aliphatic carbocycles. The number of hydrogen-bond donors (Lipinski definition) is 0. The van der Waals surface area contributed by atoms with Gasteiger partial charge in [-0.1, -0.05) is 13.8 Å². The molecule has 0 aliphatic heterocycles. The second-order valence-corrected chi connectivity index (χ2v) is 6.90. The second-order valence-electron chi connectivity index (χ2n) is 4.93. The fourth-order valence-electron chi connectivity index (χ4n) is 1.83. The van der Waals surface area contributed by atoms with Crippen molar-refractivity contribution in [3.63, 3.8) is 0 Å². The van der Waals surface area contributed by atoms with E-state index in [0.29, 0.717) is 5.92 Å². The van der Waals surface area contributed by atoms with E-state index in [9.17, 15) is 0 Å². The molecule has 0 radical (unpaired) electrons. The van der Waals surface area contributed by atoms with Crippen LogP contribution in [0.4, 0.5) is 0 Å². The lowest BCUT2D eigenvalue weighted by Crippen LogP contribution is -1.94. The van der Waals surface area contributed by atoms with E-state index in [4.69, 9.17) is 4.42 Å². The van der Waals surface area contributed by atoms with Crippen molar-refractivity contribution in [2.75, 3.05) is 0 Å². The number of furan rings is 1. The zero-order valence-corrected chi connectivity index (χ0v) is 13.8. The standard InChI is InChI=1S/C13H15N5OS2/c1-7(2)10-14-13(21-17-10)20-12-16-15-11(18(12)4)9-5-6-19-8(9)3/h5-7H,1-4H3. The first kappa shape index (κ1) is 14.3. The zero-order valence-electron chi connectivity index (χ0n) is 12.2. The number of hydrogen-bond acceptors (Lipinski definition) is 7. The van der Waals surface area contributed by atoms with Gasteiger partial charge in [0.05, 0.1) is 11.8 Å². The summed E-state index contributed by atoms with van der Waals surface area (Å²) in [5.41, 5.74) is 0.956. The molecule has 0 atom stereocenters. The van der Waals surface area contributed by atoms with Crippen molar-refractivity contribution in [2.45, 2.75) is 36.2 Å². The fourth-order valence-corrected chi connectivity index (χ4v) is 3.47. The highest BCUT2D eigenvalue weighted by molar-refractivity contribution is 8.00. The Balaban J connectivity index is 1.87. The van der Waals surface area contributed by atoms with Gasteiger partial charge in [-0.15, -0.1) is 10.2 Å². The summed E-state index contributed by atoms with van der Waals surface area (Å²) in [5, 5.41) is 9.27. The van der Waals surface area contributed by atoms with Crippen LogP contribution in [0.25, 0.3) is 11.4 Å². The molecule has 0 amide bonds. The summed E-state index contributed by atoms with van der Waals surface area (Å²) in [4.78, 5) is 4.51. The van der Waals surface area contributed by atoms with Gasteiger partial charge in [-0.2, -0.15) is 4.37 Å². The van der Waals surface area contributed by atoms with Gasteiger partial charge in [-0.25, -0.2) is 4.98 Å². The molecular formula is C13H15N5OS2. The van der Waals surface area contributed by atoms with Gasteiger partial charge in [0.1, 0.15) is 11.6 Å². The molecule has 21 heavy (non-hydrogen) atoms. The molecule has 0 spiro atoms.